The van der Waals surface area contributed by atoms with Gasteiger partial charge < -0.3 is 15.1 Å². The first-order valence-electron chi connectivity index (χ1n) is 12.4. The number of rotatable bonds is 4. The van der Waals surface area contributed by atoms with Gasteiger partial charge >= 0.3 is 6.03 Å². The maximum Gasteiger partial charge on any atom is 0.320 e. The summed E-state index contributed by atoms with van der Waals surface area (Å²) >= 11 is 0. The van der Waals surface area contributed by atoms with E-state index in [-0.39, 0.29) is 35.7 Å². The minimum atomic E-state index is -0.0201. The summed E-state index contributed by atoms with van der Waals surface area (Å²) in [6.45, 7) is 4.68. The number of carbonyl (C=O) groups excluding carboxylic acids is 2. The van der Waals surface area contributed by atoms with Gasteiger partial charge in [0.05, 0.1) is 6.07 Å². The average molecular weight is 437 g/mol. The maximum absolute atomic E-state index is 13.4. The second kappa shape index (κ2) is 10.4. The van der Waals surface area contributed by atoms with Crippen LogP contribution in [0.2, 0.25) is 0 Å². The molecule has 1 aromatic rings. The molecule has 4 rings (SSSR count). The highest BCUT2D eigenvalue weighted by molar-refractivity contribution is 5.79. The fourth-order valence-electron chi connectivity index (χ4n) is 5.53. The van der Waals surface area contributed by atoms with Gasteiger partial charge in [-0.3, -0.25) is 4.79 Å². The summed E-state index contributed by atoms with van der Waals surface area (Å²) in [6, 6.07) is 11.1. The molecule has 3 fully saturated rings. The third-order valence-electron chi connectivity index (χ3n) is 7.60. The molecule has 2 saturated heterocycles. The molecule has 1 aliphatic carbocycles. The van der Waals surface area contributed by atoms with Gasteiger partial charge in [0, 0.05) is 50.0 Å². The average Bonchev–Trinajstić information content (AvgIpc) is 3.39. The maximum atomic E-state index is 13.4. The van der Waals surface area contributed by atoms with Gasteiger partial charge in [-0.2, -0.15) is 5.26 Å². The first kappa shape index (κ1) is 22.6. The number of nitriles is 1. The molecule has 2 aliphatic heterocycles. The first-order valence-corrected chi connectivity index (χ1v) is 12.4. The van der Waals surface area contributed by atoms with E-state index in [0.717, 1.165) is 51.4 Å². The zero-order chi connectivity index (χ0) is 22.5. The molecule has 1 saturated carbocycles. The highest BCUT2D eigenvalue weighted by Gasteiger charge is 2.35. The van der Waals surface area contributed by atoms with Crippen LogP contribution in [-0.2, 0) is 11.2 Å². The molecular formula is C26H36N4O2. The number of urea groups is 1. The van der Waals surface area contributed by atoms with Gasteiger partial charge in [0.15, 0.2) is 0 Å². The number of benzene rings is 1. The van der Waals surface area contributed by atoms with Gasteiger partial charge in [0.2, 0.25) is 5.91 Å². The van der Waals surface area contributed by atoms with E-state index in [0.29, 0.717) is 26.2 Å². The smallest absolute Gasteiger partial charge is 0.320 e. The summed E-state index contributed by atoms with van der Waals surface area (Å²) < 4.78 is 0. The normalized spacial score (nSPS) is 24.9. The number of nitrogens with one attached hydrogen (secondary N) is 1. The third kappa shape index (κ3) is 5.26. The Morgan fingerprint density at radius 3 is 2.34 bits per heavy atom. The first-order chi connectivity index (χ1) is 15.6. The Morgan fingerprint density at radius 1 is 1.03 bits per heavy atom. The molecular weight excluding hydrogens is 400 g/mol. The molecule has 6 heteroatoms. The van der Waals surface area contributed by atoms with Crippen LogP contribution in [0.25, 0.3) is 0 Å². The summed E-state index contributed by atoms with van der Waals surface area (Å²) in [4.78, 5) is 30.0. The van der Waals surface area contributed by atoms with Gasteiger partial charge in [0.25, 0.3) is 0 Å². The predicted octanol–water partition coefficient (Wildman–Crippen LogP) is 4.07. The van der Waals surface area contributed by atoms with E-state index in [2.05, 4.69) is 42.6 Å². The lowest BCUT2D eigenvalue weighted by molar-refractivity contribution is -0.125. The van der Waals surface area contributed by atoms with Crippen molar-refractivity contribution in [1.82, 2.24) is 15.1 Å². The van der Waals surface area contributed by atoms with Crippen molar-refractivity contribution < 1.29 is 9.59 Å². The van der Waals surface area contributed by atoms with Crippen LogP contribution in [0.15, 0.2) is 24.3 Å². The zero-order valence-electron chi connectivity index (χ0n) is 19.3. The zero-order valence-corrected chi connectivity index (χ0v) is 19.3. The van der Waals surface area contributed by atoms with Crippen LogP contribution in [0.3, 0.4) is 0 Å². The summed E-state index contributed by atoms with van der Waals surface area (Å²) in [5, 5.41) is 12.5. The van der Waals surface area contributed by atoms with Crippen molar-refractivity contribution in [2.45, 2.75) is 70.3 Å². The monoisotopic (exact) mass is 436 g/mol. The molecule has 1 N–H and O–H groups in total. The summed E-state index contributed by atoms with van der Waals surface area (Å²) in [5.74, 6) is 0.568. The number of carbonyl (C=O) groups is 2. The number of aryl methyl sites for hydroxylation is 1. The number of hydrogen-bond acceptors (Lipinski definition) is 3. The van der Waals surface area contributed by atoms with Crippen LogP contribution in [-0.4, -0.2) is 54.0 Å². The highest BCUT2D eigenvalue weighted by Crippen LogP contribution is 2.30. The summed E-state index contributed by atoms with van der Waals surface area (Å²) in [7, 11) is 0. The molecule has 2 heterocycles. The molecule has 0 spiro atoms. The Balaban J connectivity index is 1.47. The van der Waals surface area contributed by atoms with Crippen LogP contribution in [0.4, 0.5) is 4.79 Å². The van der Waals surface area contributed by atoms with Crippen LogP contribution >= 0.6 is 0 Å². The Morgan fingerprint density at radius 2 is 1.72 bits per heavy atom. The van der Waals surface area contributed by atoms with Crippen molar-refractivity contribution in [2.75, 3.05) is 26.2 Å². The van der Waals surface area contributed by atoms with Crippen molar-refractivity contribution in [3.8, 4) is 6.07 Å². The second-order valence-corrected chi connectivity index (χ2v) is 9.79. The number of nitrogens with zero attached hydrogens (tertiary/aromatic N) is 3. The van der Waals surface area contributed by atoms with E-state index in [9.17, 15) is 9.59 Å². The third-order valence-corrected chi connectivity index (χ3v) is 7.60. The van der Waals surface area contributed by atoms with Crippen LogP contribution in [0, 0.1) is 23.2 Å². The van der Waals surface area contributed by atoms with Gasteiger partial charge in [-0.05, 0) is 49.7 Å². The van der Waals surface area contributed by atoms with Crippen molar-refractivity contribution in [2.24, 2.45) is 11.8 Å². The molecule has 0 aromatic heterocycles. The van der Waals surface area contributed by atoms with E-state index in [1.807, 2.05) is 9.80 Å². The van der Waals surface area contributed by atoms with Crippen LogP contribution < -0.4 is 5.32 Å². The van der Waals surface area contributed by atoms with E-state index in [4.69, 9.17) is 5.26 Å². The number of likely N-dealkylation sites (tertiary alicyclic amines) is 2. The Labute approximate surface area is 191 Å². The quantitative estimate of drug-likeness (QED) is 0.773. The van der Waals surface area contributed by atoms with Crippen molar-refractivity contribution >= 4 is 11.9 Å². The molecule has 0 bridgehead atoms. The van der Waals surface area contributed by atoms with Crippen molar-refractivity contribution in [1.29, 1.82) is 5.26 Å². The lowest BCUT2D eigenvalue weighted by atomic mass is 9.87. The Hall–Kier alpha value is -2.55. The molecule has 2 unspecified atom stereocenters. The highest BCUT2D eigenvalue weighted by atomic mass is 16.2. The Kier molecular flexibility index (Phi) is 7.34. The topological polar surface area (TPSA) is 76.4 Å². The van der Waals surface area contributed by atoms with Crippen LogP contribution in [0.1, 0.15) is 68.9 Å². The standard InChI is InChI=1S/C26H36N4O2/c1-2-19-7-9-21(10-8-19)23-15-24(28-25(31)22-5-3-4-6-22)18-30(17-23)26(32)29-13-11-20(16-27)12-14-29/h7-10,20,22-24H,2-6,11-15,17-18H2,1H3,(H,28,31). The van der Waals surface area contributed by atoms with E-state index >= 15 is 0 Å². The fraction of sp³-hybridized carbons (Fsp3) is 0.654. The Bertz CT molecular complexity index is 832. The van der Waals surface area contributed by atoms with E-state index in [1.165, 1.54) is 11.1 Å². The molecule has 172 valence electrons. The molecule has 3 aliphatic rings. The van der Waals surface area contributed by atoms with Gasteiger partial charge in [-0.15, -0.1) is 0 Å². The number of amides is 3. The van der Waals surface area contributed by atoms with Gasteiger partial charge in [0.1, 0.15) is 0 Å². The van der Waals surface area contributed by atoms with Gasteiger partial charge in [-0.1, -0.05) is 44.0 Å². The molecule has 6 nitrogen and oxygen atoms in total. The lowest BCUT2D eigenvalue weighted by Gasteiger charge is -2.42. The summed E-state index contributed by atoms with van der Waals surface area (Å²) in [5.41, 5.74) is 2.55. The van der Waals surface area contributed by atoms with E-state index < -0.39 is 0 Å². The minimum absolute atomic E-state index is 0.0201. The van der Waals surface area contributed by atoms with Crippen LogP contribution in [0.5, 0.6) is 0 Å². The molecule has 1 aromatic carbocycles. The van der Waals surface area contributed by atoms with Crippen molar-refractivity contribution in [3.05, 3.63) is 35.4 Å². The number of piperidine rings is 2. The minimum Gasteiger partial charge on any atom is -0.351 e. The fourth-order valence-corrected chi connectivity index (χ4v) is 5.53. The molecule has 3 amide bonds. The predicted molar refractivity (Wildman–Crippen MR) is 124 cm³/mol. The lowest BCUT2D eigenvalue weighted by Crippen LogP contribution is -2.56. The second-order valence-electron chi connectivity index (χ2n) is 9.79. The number of hydrogen-bond donors (Lipinski definition) is 1. The molecule has 2 atom stereocenters. The summed E-state index contributed by atoms with van der Waals surface area (Å²) in [6.07, 6.45) is 7.61. The van der Waals surface area contributed by atoms with Crippen molar-refractivity contribution in [3.63, 3.8) is 0 Å². The van der Waals surface area contributed by atoms with E-state index in [1.54, 1.807) is 0 Å². The molecule has 32 heavy (non-hydrogen) atoms. The SMILES string of the molecule is CCc1ccc(C2CC(NC(=O)C3CCCC3)CN(C(=O)N3CCC(C#N)CC3)C2)cc1. The molecule has 0 radical (unpaired) electrons. The van der Waals surface area contributed by atoms with Gasteiger partial charge in [-0.25, -0.2) is 4.79 Å². The largest absolute Gasteiger partial charge is 0.351 e.